The summed E-state index contributed by atoms with van der Waals surface area (Å²) in [5.74, 6) is 0.986. The molecule has 0 aliphatic heterocycles. The van der Waals surface area contributed by atoms with Crippen molar-refractivity contribution in [3.8, 4) is 0 Å². The molecule has 1 heterocycles. The molecule has 0 saturated heterocycles. The fourth-order valence-electron chi connectivity index (χ4n) is 2.26. The van der Waals surface area contributed by atoms with Crippen LogP contribution in [0.25, 0.3) is 0 Å². The molecule has 0 aliphatic rings. The van der Waals surface area contributed by atoms with Crippen molar-refractivity contribution in [3.05, 3.63) is 83.4 Å². The number of hydrogen-bond acceptors (Lipinski definition) is 3. The topological polar surface area (TPSA) is 30.7 Å². The molecule has 2 aromatic carbocycles. The van der Waals surface area contributed by atoms with Crippen LogP contribution in [0, 0.1) is 0 Å². The number of halogens is 1. The third kappa shape index (κ3) is 3.70. The molecule has 0 saturated carbocycles. The standard InChI is InChI=1S/C17H16ClN3S/c18-16-9-5-4-8-15(16)17(21-13-19-12-20-21)22-11-10-14-6-2-1-3-7-14/h1-9,12-13,17H,10-11H2. The minimum Gasteiger partial charge on any atom is -0.235 e. The summed E-state index contributed by atoms with van der Waals surface area (Å²) in [5, 5.41) is 5.09. The van der Waals surface area contributed by atoms with Gasteiger partial charge in [0.05, 0.1) is 0 Å². The van der Waals surface area contributed by atoms with Gasteiger partial charge in [0.15, 0.2) is 0 Å². The quantitative estimate of drug-likeness (QED) is 0.669. The Kier molecular flexibility index (Phi) is 5.14. The molecule has 3 rings (SSSR count). The van der Waals surface area contributed by atoms with E-state index in [1.54, 1.807) is 12.7 Å². The van der Waals surface area contributed by atoms with E-state index in [1.165, 1.54) is 5.56 Å². The van der Waals surface area contributed by atoms with Gasteiger partial charge in [-0.15, -0.1) is 11.8 Å². The summed E-state index contributed by atoms with van der Waals surface area (Å²) >= 11 is 8.17. The summed E-state index contributed by atoms with van der Waals surface area (Å²) in [7, 11) is 0. The Labute approximate surface area is 139 Å². The summed E-state index contributed by atoms with van der Waals surface area (Å²) in [6, 6.07) is 18.4. The fourth-order valence-corrected chi connectivity index (χ4v) is 3.78. The van der Waals surface area contributed by atoms with E-state index in [-0.39, 0.29) is 5.37 Å². The van der Waals surface area contributed by atoms with E-state index in [9.17, 15) is 0 Å². The Morgan fingerprint density at radius 1 is 1.05 bits per heavy atom. The van der Waals surface area contributed by atoms with Crippen LogP contribution in [0.15, 0.2) is 67.3 Å². The van der Waals surface area contributed by atoms with E-state index in [1.807, 2.05) is 46.8 Å². The minimum atomic E-state index is 0.0416. The summed E-state index contributed by atoms with van der Waals surface area (Å²) in [6.45, 7) is 0. The fraction of sp³-hybridized carbons (Fsp3) is 0.176. The first-order valence-electron chi connectivity index (χ1n) is 7.08. The zero-order valence-electron chi connectivity index (χ0n) is 12.0. The lowest BCUT2D eigenvalue weighted by atomic mass is 10.2. The second-order valence-electron chi connectivity index (χ2n) is 4.86. The van der Waals surface area contributed by atoms with Gasteiger partial charge in [0.2, 0.25) is 0 Å². The second kappa shape index (κ2) is 7.47. The molecule has 1 unspecified atom stereocenters. The van der Waals surface area contributed by atoms with Gasteiger partial charge in [0.25, 0.3) is 0 Å². The average molecular weight is 330 g/mol. The van der Waals surface area contributed by atoms with Crippen molar-refractivity contribution in [3.63, 3.8) is 0 Å². The van der Waals surface area contributed by atoms with Gasteiger partial charge in [-0.1, -0.05) is 60.1 Å². The van der Waals surface area contributed by atoms with Gasteiger partial charge in [-0.2, -0.15) is 5.10 Å². The van der Waals surface area contributed by atoms with Crippen LogP contribution in [-0.4, -0.2) is 20.5 Å². The van der Waals surface area contributed by atoms with Gasteiger partial charge in [-0.05, 0) is 23.8 Å². The second-order valence-corrected chi connectivity index (χ2v) is 6.45. The highest BCUT2D eigenvalue weighted by atomic mass is 35.5. The molecule has 0 radical (unpaired) electrons. The molecule has 3 nitrogen and oxygen atoms in total. The predicted octanol–water partition coefficient (Wildman–Crippen LogP) is 4.45. The van der Waals surface area contributed by atoms with Gasteiger partial charge in [0.1, 0.15) is 18.0 Å². The maximum Gasteiger partial charge on any atom is 0.137 e. The number of hydrogen-bond donors (Lipinski definition) is 0. The minimum absolute atomic E-state index is 0.0416. The van der Waals surface area contributed by atoms with Crippen LogP contribution in [0.5, 0.6) is 0 Å². The normalized spacial score (nSPS) is 12.2. The molecule has 22 heavy (non-hydrogen) atoms. The maximum absolute atomic E-state index is 6.36. The molecule has 1 atom stereocenters. The first-order chi connectivity index (χ1) is 10.8. The van der Waals surface area contributed by atoms with Gasteiger partial charge in [-0.25, -0.2) is 9.67 Å². The zero-order chi connectivity index (χ0) is 15.2. The lowest BCUT2D eigenvalue weighted by Gasteiger charge is -2.18. The number of aromatic nitrogens is 3. The SMILES string of the molecule is Clc1ccccc1C(SCCc1ccccc1)n1cncn1. The summed E-state index contributed by atoms with van der Waals surface area (Å²) < 4.78 is 1.86. The van der Waals surface area contributed by atoms with Gasteiger partial charge >= 0.3 is 0 Å². The molecular formula is C17H16ClN3S. The highest BCUT2D eigenvalue weighted by molar-refractivity contribution is 7.99. The predicted molar refractivity (Wildman–Crippen MR) is 92.2 cm³/mol. The van der Waals surface area contributed by atoms with E-state index in [2.05, 4.69) is 34.3 Å². The van der Waals surface area contributed by atoms with Crippen LogP contribution in [0.4, 0.5) is 0 Å². The Hall–Kier alpha value is -1.78. The van der Waals surface area contributed by atoms with E-state index < -0.39 is 0 Å². The third-order valence-electron chi connectivity index (χ3n) is 3.36. The molecular weight excluding hydrogens is 314 g/mol. The number of nitrogens with zero attached hydrogens (tertiary/aromatic N) is 3. The number of benzene rings is 2. The lowest BCUT2D eigenvalue weighted by Crippen LogP contribution is -2.09. The average Bonchev–Trinajstić information content (AvgIpc) is 3.08. The Morgan fingerprint density at radius 2 is 1.82 bits per heavy atom. The number of rotatable bonds is 6. The van der Waals surface area contributed by atoms with Crippen molar-refractivity contribution >= 4 is 23.4 Å². The van der Waals surface area contributed by atoms with Crippen LogP contribution >= 0.6 is 23.4 Å². The molecule has 0 spiro atoms. The van der Waals surface area contributed by atoms with Crippen molar-refractivity contribution in [2.45, 2.75) is 11.8 Å². The largest absolute Gasteiger partial charge is 0.235 e. The monoisotopic (exact) mass is 329 g/mol. The molecule has 0 amide bonds. The van der Waals surface area contributed by atoms with E-state index in [0.717, 1.165) is 22.8 Å². The Balaban J connectivity index is 1.74. The molecule has 5 heteroatoms. The van der Waals surface area contributed by atoms with Crippen molar-refractivity contribution in [2.75, 3.05) is 5.75 Å². The van der Waals surface area contributed by atoms with E-state index in [0.29, 0.717) is 0 Å². The first kappa shape index (κ1) is 15.1. The highest BCUT2D eigenvalue weighted by Gasteiger charge is 2.17. The van der Waals surface area contributed by atoms with Crippen LogP contribution in [0.1, 0.15) is 16.5 Å². The van der Waals surface area contributed by atoms with Crippen molar-refractivity contribution in [1.29, 1.82) is 0 Å². The molecule has 112 valence electrons. The molecule has 0 aliphatic carbocycles. The number of aryl methyl sites for hydroxylation is 1. The van der Waals surface area contributed by atoms with Crippen LogP contribution in [0.3, 0.4) is 0 Å². The highest BCUT2D eigenvalue weighted by Crippen LogP contribution is 2.34. The van der Waals surface area contributed by atoms with Crippen LogP contribution in [0.2, 0.25) is 5.02 Å². The van der Waals surface area contributed by atoms with Crippen molar-refractivity contribution in [2.24, 2.45) is 0 Å². The summed E-state index contributed by atoms with van der Waals surface area (Å²) in [5.41, 5.74) is 2.40. The molecule has 1 aromatic heterocycles. The summed E-state index contributed by atoms with van der Waals surface area (Å²) in [4.78, 5) is 4.06. The molecule has 0 N–H and O–H groups in total. The third-order valence-corrected chi connectivity index (χ3v) is 4.93. The van der Waals surface area contributed by atoms with Gasteiger partial charge in [-0.3, -0.25) is 0 Å². The van der Waals surface area contributed by atoms with Crippen LogP contribution in [-0.2, 0) is 6.42 Å². The van der Waals surface area contributed by atoms with Gasteiger partial charge in [0, 0.05) is 10.6 Å². The van der Waals surface area contributed by atoms with Gasteiger partial charge < -0.3 is 0 Å². The molecule has 3 aromatic rings. The maximum atomic E-state index is 6.36. The Morgan fingerprint density at radius 3 is 2.55 bits per heavy atom. The number of thioether (sulfide) groups is 1. The smallest absolute Gasteiger partial charge is 0.137 e. The van der Waals surface area contributed by atoms with Crippen LogP contribution < -0.4 is 0 Å². The molecule has 0 bridgehead atoms. The summed E-state index contributed by atoms with van der Waals surface area (Å²) in [6.07, 6.45) is 4.31. The zero-order valence-corrected chi connectivity index (χ0v) is 13.5. The van der Waals surface area contributed by atoms with Crippen molar-refractivity contribution < 1.29 is 0 Å². The first-order valence-corrected chi connectivity index (χ1v) is 8.51. The van der Waals surface area contributed by atoms with E-state index >= 15 is 0 Å². The lowest BCUT2D eigenvalue weighted by molar-refractivity contribution is 0.668. The Bertz CT molecular complexity index is 701. The van der Waals surface area contributed by atoms with E-state index in [4.69, 9.17) is 11.6 Å². The molecule has 0 fully saturated rings. The van der Waals surface area contributed by atoms with Crippen molar-refractivity contribution in [1.82, 2.24) is 14.8 Å².